The van der Waals surface area contributed by atoms with Crippen LogP contribution in [0.2, 0.25) is 0 Å². The second kappa shape index (κ2) is 7.18. The summed E-state index contributed by atoms with van der Waals surface area (Å²) in [5.41, 5.74) is 0.657. The molecule has 0 bridgehead atoms. The lowest BCUT2D eigenvalue weighted by Crippen LogP contribution is -2.48. The molecule has 0 saturated heterocycles. The fourth-order valence-corrected chi connectivity index (χ4v) is 4.05. The number of carbonyl (C=O) groups excluding carboxylic acids is 1. The topological polar surface area (TPSA) is 63.2 Å². The number of thiazole rings is 1. The van der Waals surface area contributed by atoms with Gasteiger partial charge in [-0.25, -0.2) is 9.78 Å². The van der Waals surface area contributed by atoms with Crippen LogP contribution in [-0.4, -0.2) is 28.8 Å². The molecule has 1 aliphatic rings. The minimum absolute atomic E-state index is 0.118. The smallest absolute Gasteiger partial charge is 0.407 e. The van der Waals surface area contributed by atoms with Crippen LogP contribution in [0.5, 0.6) is 0 Å². The molecular formula is C17H29N3O2S. The fourth-order valence-electron chi connectivity index (χ4n) is 3.14. The fraction of sp³-hybridized carbons (Fsp3) is 0.765. The first-order valence-corrected chi connectivity index (χ1v) is 9.17. The molecule has 6 heteroatoms. The number of aryl methyl sites for hydroxylation is 2. The van der Waals surface area contributed by atoms with Gasteiger partial charge in [0.05, 0.1) is 10.7 Å². The normalized spacial score (nSPS) is 22.9. The Bertz CT molecular complexity index is 551. The van der Waals surface area contributed by atoms with Crippen molar-refractivity contribution in [2.45, 2.75) is 84.5 Å². The summed E-state index contributed by atoms with van der Waals surface area (Å²) in [6.45, 7) is 11.9. The summed E-state index contributed by atoms with van der Waals surface area (Å²) >= 11 is 1.73. The number of carbonyl (C=O) groups is 1. The Kier molecular flexibility index (Phi) is 5.68. The van der Waals surface area contributed by atoms with Crippen molar-refractivity contribution in [3.63, 3.8) is 0 Å². The largest absolute Gasteiger partial charge is 0.444 e. The highest BCUT2D eigenvalue weighted by Crippen LogP contribution is 2.26. The van der Waals surface area contributed by atoms with Gasteiger partial charge in [-0.05, 0) is 60.8 Å². The van der Waals surface area contributed by atoms with E-state index >= 15 is 0 Å². The molecule has 2 rings (SSSR count). The monoisotopic (exact) mass is 339 g/mol. The predicted octanol–water partition coefficient (Wildman–Crippen LogP) is 3.86. The van der Waals surface area contributed by atoms with Crippen LogP contribution in [0.15, 0.2) is 0 Å². The second-order valence-electron chi connectivity index (χ2n) is 7.35. The van der Waals surface area contributed by atoms with Gasteiger partial charge < -0.3 is 15.4 Å². The summed E-state index contributed by atoms with van der Waals surface area (Å²) in [5, 5.41) is 7.76. The molecule has 1 amide bonds. The first kappa shape index (κ1) is 18.2. The summed E-state index contributed by atoms with van der Waals surface area (Å²) in [4.78, 5) is 17.9. The Labute approximate surface area is 143 Å². The molecule has 3 unspecified atom stereocenters. The van der Waals surface area contributed by atoms with Gasteiger partial charge >= 0.3 is 6.09 Å². The van der Waals surface area contributed by atoms with Crippen LogP contribution < -0.4 is 10.6 Å². The van der Waals surface area contributed by atoms with Gasteiger partial charge in [-0.15, -0.1) is 11.3 Å². The van der Waals surface area contributed by atoms with Crippen molar-refractivity contribution in [3.8, 4) is 0 Å². The third-order valence-electron chi connectivity index (χ3n) is 4.03. The van der Waals surface area contributed by atoms with Gasteiger partial charge in [-0.1, -0.05) is 0 Å². The van der Waals surface area contributed by atoms with E-state index in [9.17, 15) is 4.79 Å². The Balaban J connectivity index is 1.94. The van der Waals surface area contributed by atoms with Crippen molar-refractivity contribution < 1.29 is 9.53 Å². The van der Waals surface area contributed by atoms with Crippen LogP contribution in [0, 0.1) is 13.8 Å². The Morgan fingerprint density at radius 3 is 2.52 bits per heavy atom. The van der Waals surface area contributed by atoms with Gasteiger partial charge in [-0.3, -0.25) is 0 Å². The highest BCUT2D eigenvalue weighted by Gasteiger charge is 2.31. The van der Waals surface area contributed by atoms with Crippen molar-refractivity contribution in [2.75, 3.05) is 0 Å². The van der Waals surface area contributed by atoms with Crippen LogP contribution >= 0.6 is 11.3 Å². The molecule has 3 atom stereocenters. The van der Waals surface area contributed by atoms with E-state index in [0.29, 0.717) is 0 Å². The van der Waals surface area contributed by atoms with E-state index in [1.54, 1.807) is 11.3 Å². The van der Waals surface area contributed by atoms with Gasteiger partial charge in [0.2, 0.25) is 0 Å². The zero-order chi connectivity index (χ0) is 17.2. The zero-order valence-corrected chi connectivity index (χ0v) is 15.8. The highest BCUT2D eigenvalue weighted by molar-refractivity contribution is 7.11. The minimum Gasteiger partial charge on any atom is -0.444 e. The van der Waals surface area contributed by atoms with E-state index in [0.717, 1.165) is 30.0 Å². The lowest BCUT2D eigenvalue weighted by molar-refractivity contribution is 0.0497. The van der Waals surface area contributed by atoms with E-state index in [-0.39, 0.29) is 24.2 Å². The van der Waals surface area contributed by atoms with Gasteiger partial charge in [0.15, 0.2) is 0 Å². The van der Waals surface area contributed by atoms with Gasteiger partial charge in [0, 0.05) is 23.0 Å². The number of alkyl carbamates (subject to hydrolysis) is 1. The van der Waals surface area contributed by atoms with Crippen molar-refractivity contribution in [1.29, 1.82) is 0 Å². The standard InChI is InChI=1S/C17H29N3O2S/c1-10(15-11(2)23-12(3)19-15)18-13-8-7-9-14(13)20-16(21)22-17(4,5)6/h10,13-14,18H,7-9H2,1-6H3,(H,20,21). The van der Waals surface area contributed by atoms with Crippen LogP contribution in [-0.2, 0) is 4.74 Å². The molecule has 0 aliphatic heterocycles. The molecular weight excluding hydrogens is 310 g/mol. The zero-order valence-electron chi connectivity index (χ0n) is 15.0. The number of aromatic nitrogens is 1. The Morgan fingerprint density at radius 2 is 1.96 bits per heavy atom. The van der Waals surface area contributed by atoms with Gasteiger partial charge in [0.1, 0.15) is 5.60 Å². The molecule has 23 heavy (non-hydrogen) atoms. The Hall–Kier alpha value is -1.14. The number of nitrogens with one attached hydrogen (secondary N) is 2. The number of hydrogen-bond donors (Lipinski definition) is 2. The molecule has 0 spiro atoms. The predicted molar refractivity (Wildman–Crippen MR) is 93.9 cm³/mol. The summed E-state index contributed by atoms with van der Waals surface area (Å²) < 4.78 is 5.37. The molecule has 2 N–H and O–H groups in total. The van der Waals surface area contributed by atoms with E-state index in [2.05, 4.69) is 29.5 Å². The highest BCUT2D eigenvalue weighted by atomic mass is 32.1. The van der Waals surface area contributed by atoms with E-state index in [1.165, 1.54) is 4.88 Å². The maximum atomic E-state index is 12.0. The van der Waals surface area contributed by atoms with E-state index in [4.69, 9.17) is 4.74 Å². The summed E-state index contributed by atoms with van der Waals surface area (Å²) in [5.74, 6) is 0. The summed E-state index contributed by atoms with van der Waals surface area (Å²) in [6, 6.07) is 0.567. The second-order valence-corrected chi connectivity index (χ2v) is 8.76. The van der Waals surface area contributed by atoms with Crippen molar-refractivity contribution in [2.24, 2.45) is 0 Å². The summed E-state index contributed by atoms with van der Waals surface area (Å²) in [7, 11) is 0. The summed E-state index contributed by atoms with van der Waals surface area (Å²) in [6.07, 6.45) is 2.83. The number of rotatable bonds is 4. The molecule has 130 valence electrons. The van der Waals surface area contributed by atoms with Crippen LogP contribution in [0.4, 0.5) is 4.79 Å². The molecule has 1 fully saturated rings. The molecule has 1 aromatic heterocycles. The lowest BCUT2D eigenvalue weighted by Gasteiger charge is -2.27. The number of ether oxygens (including phenoxy) is 1. The van der Waals surface area contributed by atoms with Crippen LogP contribution in [0.1, 0.15) is 68.6 Å². The average molecular weight is 340 g/mol. The molecule has 1 aromatic rings. The van der Waals surface area contributed by atoms with E-state index in [1.807, 2.05) is 27.7 Å². The number of amides is 1. The third kappa shape index (κ3) is 5.18. The molecule has 1 aliphatic carbocycles. The van der Waals surface area contributed by atoms with E-state index < -0.39 is 5.60 Å². The number of nitrogens with zero attached hydrogens (tertiary/aromatic N) is 1. The Morgan fingerprint density at radius 1 is 1.30 bits per heavy atom. The lowest BCUT2D eigenvalue weighted by atomic mass is 10.1. The molecule has 1 saturated carbocycles. The van der Waals surface area contributed by atoms with Crippen LogP contribution in [0.3, 0.4) is 0 Å². The maximum absolute atomic E-state index is 12.0. The van der Waals surface area contributed by atoms with Crippen LogP contribution in [0.25, 0.3) is 0 Å². The molecule has 5 nitrogen and oxygen atoms in total. The SMILES string of the molecule is Cc1nc(C(C)NC2CCCC2NC(=O)OC(C)(C)C)c(C)s1. The molecule has 1 heterocycles. The van der Waals surface area contributed by atoms with Crippen molar-refractivity contribution in [1.82, 2.24) is 15.6 Å². The maximum Gasteiger partial charge on any atom is 0.407 e. The van der Waals surface area contributed by atoms with Crippen molar-refractivity contribution in [3.05, 3.63) is 15.6 Å². The number of hydrogen-bond acceptors (Lipinski definition) is 5. The van der Waals surface area contributed by atoms with Gasteiger partial charge in [0.25, 0.3) is 0 Å². The quantitative estimate of drug-likeness (QED) is 0.874. The first-order chi connectivity index (χ1) is 10.7. The first-order valence-electron chi connectivity index (χ1n) is 8.35. The minimum atomic E-state index is -0.464. The van der Waals surface area contributed by atoms with Crippen molar-refractivity contribution >= 4 is 17.4 Å². The molecule has 0 radical (unpaired) electrons. The molecule has 0 aromatic carbocycles. The van der Waals surface area contributed by atoms with Gasteiger partial charge in [-0.2, -0.15) is 0 Å². The third-order valence-corrected chi connectivity index (χ3v) is 4.93. The average Bonchev–Trinajstić information content (AvgIpc) is 2.94.